The van der Waals surface area contributed by atoms with Crippen LogP contribution in [-0.2, 0) is 9.53 Å². The summed E-state index contributed by atoms with van der Waals surface area (Å²) in [4.78, 5) is 23.8. The largest absolute Gasteiger partial charge is 0.467 e. The third-order valence-corrected chi connectivity index (χ3v) is 4.13. The molecular weight excluding hydrogens is 254 g/mol. The van der Waals surface area contributed by atoms with E-state index in [2.05, 4.69) is 17.0 Å². The Morgan fingerprint density at radius 3 is 1.70 bits per heavy atom. The molecule has 0 spiro atoms. The monoisotopic (exact) mass is 277 g/mol. The average molecular weight is 277 g/mol. The molecular formula is C16H23NO3. The van der Waals surface area contributed by atoms with Crippen LogP contribution in [0.15, 0.2) is 0 Å². The second kappa shape index (κ2) is 6.07. The Bertz CT molecular complexity index is 532. The molecule has 4 nitrogen and oxygen atoms in total. The van der Waals surface area contributed by atoms with Crippen molar-refractivity contribution < 1.29 is 14.3 Å². The fraction of sp³-hybridized carbons (Fsp3) is 0.500. The summed E-state index contributed by atoms with van der Waals surface area (Å²) in [7, 11) is 1.31. The minimum absolute atomic E-state index is 0.232. The highest BCUT2D eigenvalue weighted by atomic mass is 16.5. The zero-order valence-electron chi connectivity index (χ0n) is 13.3. The number of carbonyl (C=O) groups excluding carboxylic acids is 2. The first-order chi connectivity index (χ1) is 9.22. The first-order valence-electron chi connectivity index (χ1n) is 6.68. The van der Waals surface area contributed by atoms with Gasteiger partial charge in [0.2, 0.25) is 0 Å². The molecule has 0 saturated heterocycles. The van der Waals surface area contributed by atoms with Crippen molar-refractivity contribution in [1.29, 1.82) is 0 Å². The van der Waals surface area contributed by atoms with Crippen LogP contribution in [0.2, 0.25) is 0 Å². The van der Waals surface area contributed by atoms with E-state index in [0.717, 1.165) is 22.3 Å². The normalized spacial score (nSPS) is 11.9. The van der Waals surface area contributed by atoms with Crippen molar-refractivity contribution in [2.24, 2.45) is 0 Å². The minimum Gasteiger partial charge on any atom is -0.467 e. The van der Waals surface area contributed by atoms with Crippen LogP contribution in [0.1, 0.15) is 45.1 Å². The maximum atomic E-state index is 12.4. The van der Waals surface area contributed by atoms with Crippen molar-refractivity contribution in [3.8, 4) is 0 Å². The molecule has 1 atom stereocenters. The third-order valence-electron chi connectivity index (χ3n) is 4.13. The molecule has 0 saturated carbocycles. The van der Waals surface area contributed by atoms with E-state index in [4.69, 9.17) is 0 Å². The van der Waals surface area contributed by atoms with Crippen molar-refractivity contribution in [2.75, 3.05) is 7.11 Å². The summed E-state index contributed by atoms with van der Waals surface area (Å²) < 4.78 is 4.62. The lowest BCUT2D eigenvalue weighted by Crippen LogP contribution is -2.39. The molecule has 4 heteroatoms. The third kappa shape index (κ3) is 2.84. The smallest absolute Gasteiger partial charge is 0.328 e. The lowest BCUT2D eigenvalue weighted by Gasteiger charge is -2.19. The van der Waals surface area contributed by atoms with Crippen LogP contribution >= 0.6 is 0 Å². The quantitative estimate of drug-likeness (QED) is 0.864. The number of ether oxygens (including phenoxy) is 1. The van der Waals surface area contributed by atoms with Gasteiger partial charge in [-0.25, -0.2) is 4.79 Å². The van der Waals surface area contributed by atoms with Gasteiger partial charge in [0.1, 0.15) is 6.04 Å². The Balaban J connectivity index is 3.21. The summed E-state index contributed by atoms with van der Waals surface area (Å²) in [5, 5.41) is 2.69. The van der Waals surface area contributed by atoms with Gasteiger partial charge in [-0.05, 0) is 69.4 Å². The molecule has 1 rings (SSSR count). The number of methoxy groups -OCH3 is 1. The average Bonchev–Trinajstić information content (AvgIpc) is 2.42. The second-order valence-electron chi connectivity index (χ2n) is 5.22. The fourth-order valence-electron chi connectivity index (χ4n) is 2.35. The molecule has 1 amide bonds. The zero-order valence-corrected chi connectivity index (χ0v) is 13.3. The van der Waals surface area contributed by atoms with Gasteiger partial charge in [0.25, 0.3) is 5.91 Å². The number of rotatable bonds is 3. The Hall–Kier alpha value is -1.84. The molecule has 0 fully saturated rings. The molecule has 1 aromatic rings. The number of amides is 1. The number of hydrogen-bond donors (Lipinski definition) is 1. The fourth-order valence-corrected chi connectivity index (χ4v) is 2.35. The van der Waals surface area contributed by atoms with E-state index >= 15 is 0 Å². The minimum atomic E-state index is -0.659. The molecule has 0 aliphatic carbocycles. The van der Waals surface area contributed by atoms with Gasteiger partial charge in [0, 0.05) is 5.56 Å². The van der Waals surface area contributed by atoms with Crippen LogP contribution in [0.5, 0.6) is 0 Å². The Morgan fingerprint density at radius 1 is 0.900 bits per heavy atom. The van der Waals surface area contributed by atoms with Crippen LogP contribution in [-0.4, -0.2) is 25.0 Å². The first-order valence-corrected chi connectivity index (χ1v) is 6.68. The lowest BCUT2D eigenvalue weighted by molar-refractivity contribution is -0.142. The molecule has 0 radical (unpaired) electrons. The van der Waals surface area contributed by atoms with Crippen LogP contribution < -0.4 is 5.32 Å². The number of nitrogens with one attached hydrogen (secondary N) is 1. The molecule has 0 bridgehead atoms. The van der Waals surface area contributed by atoms with Crippen molar-refractivity contribution >= 4 is 11.9 Å². The SMILES string of the molecule is COC(=O)C(C)NC(=O)c1c(C)c(C)c(C)c(C)c1C. The molecule has 0 aromatic heterocycles. The summed E-state index contributed by atoms with van der Waals surface area (Å²) in [6.07, 6.45) is 0. The van der Waals surface area contributed by atoms with Crippen LogP contribution in [0, 0.1) is 34.6 Å². The highest BCUT2D eigenvalue weighted by Crippen LogP contribution is 2.25. The van der Waals surface area contributed by atoms with Gasteiger partial charge in [0.15, 0.2) is 0 Å². The molecule has 0 aliphatic heterocycles. The summed E-state index contributed by atoms with van der Waals surface area (Å²) >= 11 is 0. The number of hydrogen-bond acceptors (Lipinski definition) is 3. The van der Waals surface area contributed by atoms with Crippen LogP contribution in [0.25, 0.3) is 0 Å². The van der Waals surface area contributed by atoms with E-state index in [9.17, 15) is 9.59 Å². The van der Waals surface area contributed by atoms with E-state index in [1.807, 2.05) is 27.7 Å². The van der Waals surface area contributed by atoms with Gasteiger partial charge in [-0.1, -0.05) is 0 Å². The second-order valence-corrected chi connectivity index (χ2v) is 5.22. The van der Waals surface area contributed by atoms with Gasteiger partial charge >= 0.3 is 5.97 Å². The van der Waals surface area contributed by atoms with Crippen molar-refractivity contribution in [3.63, 3.8) is 0 Å². The van der Waals surface area contributed by atoms with Gasteiger partial charge in [-0.3, -0.25) is 4.79 Å². The van der Waals surface area contributed by atoms with Gasteiger partial charge in [0.05, 0.1) is 7.11 Å². The molecule has 110 valence electrons. The Labute approximate surface area is 120 Å². The predicted molar refractivity (Wildman–Crippen MR) is 79.1 cm³/mol. The van der Waals surface area contributed by atoms with Crippen LogP contribution in [0.3, 0.4) is 0 Å². The summed E-state index contributed by atoms with van der Waals surface area (Å²) in [6.45, 7) is 11.6. The molecule has 1 unspecified atom stereocenters. The number of carbonyl (C=O) groups is 2. The van der Waals surface area contributed by atoms with Crippen molar-refractivity contribution in [1.82, 2.24) is 5.32 Å². The van der Waals surface area contributed by atoms with E-state index < -0.39 is 12.0 Å². The molecule has 1 aromatic carbocycles. The summed E-state index contributed by atoms with van der Waals surface area (Å²) in [5.74, 6) is -0.682. The molecule has 0 heterocycles. The lowest BCUT2D eigenvalue weighted by atomic mass is 9.89. The highest BCUT2D eigenvalue weighted by molar-refractivity contribution is 5.99. The van der Waals surface area contributed by atoms with Gasteiger partial charge < -0.3 is 10.1 Å². The van der Waals surface area contributed by atoms with E-state index in [0.29, 0.717) is 5.56 Å². The van der Waals surface area contributed by atoms with E-state index in [1.54, 1.807) is 6.92 Å². The summed E-state index contributed by atoms with van der Waals surface area (Å²) in [5.41, 5.74) is 6.01. The molecule has 20 heavy (non-hydrogen) atoms. The Morgan fingerprint density at radius 2 is 1.30 bits per heavy atom. The zero-order chi connectivity index (χ0) is 15.6. The van der Waals surface area contributed by atoms with E-state index in [-0.39, 0.29) is 5.91 Å². The van der Waals surface area contributed by atoms with Crippen LogP contribution in [0.4, 0.5) is 0 Å². The predicted octanol–water partition coefficient (Wildman–Crippen LogP) is 2.52. The summed E-state index contributed by atoms with van der Waals surface area (Å²) in [6, 6.07) is -0.659. The van der Waals surface area contributed by atoms with Crippen molar-refractivity contribution in [2.45, 2.75) is 47.6 Å². The number of esters is 1. The first kappa shape index (κ1) is 16.2. The van der Waals surface area contributed by atoms with Gasteiger partial charge in [-0.2, -0.15) is 0 Å². The van der Waals surface area contributed by atoms with Crippen molar-refractivity contribution in [3.05, 3.63) is 33.4 Å². The Kier molecular flexibility index (Phi) is 4.93. The maximum Gasteiger partial charge on any atom is 0.328 e. The molecule has 0 aliphatic rings. The molecule has 1 N–H and O–H groups in total. The topological polar surface area (TPSA) is 55.4 Å². The van der Waals surface area contributed by atoms with E-state index in [1.165, 1.54) is 12.7 Å². The maximum absolute atomic E-state index is 12.4. The standard InChI is InChI=1S/C16H23NO3/c1-8-9(2)11(4)14(12(5)10(8)3)15(18)17-13(6)16(19)20-7/h13H,1-7H3,(H,17,18). The van der Waals surface area contributed by atoms with Gasteiger partial charge in [-0.15, -0.1) is 0 Å². The highest BCUT2D eigenvalue weighted by Gasteiger charge is 2.22. The number of benzene rings is 1.